The molecule has 0 radical (unpaired) electrons. The number of hydrogen-bond donors (Lipinski definition) is 2. The summed E-state index contributed by atoms with van der Waals surface area (Å²) in [5.41, 5.74) is 0.334. The molecule has 0 spiro atoms. The molecule has 2 N–H and O–H groups in total. The highest BCUT2D eigenvalue weighted by Crippen LogP contribution is 2.62. The van der Waals surface area contributed by atoms with E-state index < -0.39 is 0 Å². The first-order valence-electron chi connectivity index (χ1n) is 6.34. The highest BCUT2D eigenvalue weighted by atomic mass is 16.2. The summed E-state index contributed by atoms with van der Waals surface area (Å²) in [6.45, 7) is 9.21. The van der Waals surface area contributed by atoms with E-state index in [1.54, 1.807) is 0 Å². The van der Waals surface area contributed by atoms with Crippen LogP contribution in [0.5, 0.6) is 0 Å². The summed E-state index contributed by atoms with van der Waals surface area (Å²) in [5, 5.41) is 5.88. The van der Waals surface area contributed by atoms with Gasteiger partial charge in [0, 0.05) is 19.0 Å². The number of hydrogen-bond acceptors (Lipinski definition) is 2. The molecule has 4 nitrogen and oxygen atoms in total. The smallest absolute Gasteiger partial charge is 0.225 e. The second-order valence-electron chi connectivity index (χ2n) is 6.42. The maximum atomic E-state index is 12.1. The molecule has 96 valence electrons. The van der Waals surface area contributed by atoms with E-state index in [4.69, 9.17) is 0 Å². The Morgan fingerprint density at radius 1 is 1.29 bits per heavy atom. The van der Waals surface area contributed by atoms with E-state index in [0.29, 0.717) is 19.4 Å². The van der Waals surface area contributed by atoms with Gasteiger partial charge in [-0.05, 0) is 17.3 Å². The number of amides is 2. The van der Waals surface area contributed by atoms with E-state index in [1.165, 1.54) is 0 Å². The Labute approximate surface area is 103 Å². The van der Waals surface area contributed by atoms with Crippen molar-refractivity contribution >= 4 is 11.8 Å². The SMILES string of the molecule is CC1(C)C(NC(=O)C2CCC(=O)NC2)C1(C)C. The highest BCUT2D eigenvalue weighted by Gasteiger charge is 2.65. The van der Waals surface area contributed by atoms with Crippen LogP contribution in [-0.2, 0) is 9.59 Å². The molecular formula is C13H22N2O2. The summed E-state index contributed by atoms with van der Waals surface area (Å²) in [4.78, 5) is 23.1. The molecule has 1 aliphatic heterocycles. The van der Waals surface area contributed by atoms with Gasteiger partial charge in [0.1, 0.15) is 0 Å². The zero-order chi connectivity index (χ0) is 12.8. The molecule has 2 aliphatic rings. The fraction of sp³-hybridized carbons (Fsp3) is 0.846. The molecule has 1 saturated carbocycles. The average Bonchev–Trinajstić information content (AvgIpc) is 2.62. The molecule has 2 fully saturated rings. The molecule has 1 saturated heterocycles. The minimum Gasteiger partial charge on any atom is -0.355 e. The van der Waals surface area contributed by atoms with Crippen LogP contribution in [0.15, 0.2) is 0 Å². The third-order valence-electron chi connectivity index (χ3n) is 4.94. The van der Waals surface area contributed by atoms with Crippen LogP contribution in [0.25, 0.3) is 0 Å². The van der Waals surface area contributed by atoms with Crippen LogP contribution in [0, 0.1) is 16.7 Å². The van der Waals surface area contributed by atoms with Gasteiger partial charge in [0.15, 0.2) is 0 Å². The first-order valence-corrected chi connectivity index (χ1v) is 6.34. The number of piperidine rings is 1. The van der Waals surface area contributed by atoms with E-state index in [1.807, 2.05) is 0 Å². The maximum absolute atomic E-state index is 12.1. The van der Waals surface area contributed by atoms with Gasteiger partial charge in [-0.1, -0.05) is 27.7 Å². The summed E-state index contributed by atoms with van der Waals surface area (Å²) >= 11 is 0. The predicted molar refractivity (Wildman–Crippen MR) is 65.2 cm³/mol. The molecule has 1 atom stereocenters. The monoisotopic (exact) mass is 238 g/mol. The van der Waals surface area contributed by atoms with Crippen molar-refractivity contribution in [3.63, 3.8) is 0 Å². The Morgan fingerprint density at radius 3 is 2.29 bits per heavy atom. The first kappa shape index (κ1) is 12.4. The third-order valence-corrected chi connectivity index (χ3v) is 4.94. The fourth-order valence-electron chi connectivity index (χ4n) is 2.77. The van der Waals surface area contributed by atoms with Crippen LogP contribution < -0.4 is 10.6 Å². The van der Waals surface area contributed by atoms with Gasteiger partial charge >= 0.3 is 0 Å². The van der Waals surface area contributed by atoms with E-state index in [2.05, 4.69) is 38.3 Å². The second-order valence-corrected chi connectivity index (χ2v) is 6.42. The summed E-state index contributed by atoms with van der Waals surface area (Å²) in [6, 6.07) is 0.250. The highest BCUT2D eigenvalue weighted by molar-refractivity contribution is 5.84. The van der Waals surface area contributed by atoms with E-state index in [-0.39, 0.29) is 34.6 Å². The topological polar surface area (TPSA) is 58.2 Å². The Hall–Kier alpha value is -1.06. The van der Waals surface area contributed by atoms with Crippen LogP contribution in [0.4, 0.5) is 0 Å². The van der Waals surface area contributed by atoms with Crippen LogP contribution in [0.1, 0.15) is 40.5 Å². The zero-order valence-electron chi connectivity index (χ0n) is 11.1. The van der Waals surface area contributed by atoms with Crippen molar-refractivity contribution < 1.29 is 9.59 Å². The van der Waals surface area contributed by atoms with Crippen LogP contribution >= 0.6 is 0 Å². The van der Waals surface area contributed by atoms with E-state index in [0.717, 1.165) is 0 Å². The van der Waals surface area contributed by atoms with Gasteiger partial charge in [0.05, 0.1) is 5.92 Å². The van der Waals surface area contributed by atoms with Gasteiger partial charge in [-0.15, -0.1) is 0 Å². The summed E-state index contributed by atoms with van der Waals surface area (Å²) < 4.78 is 0. The van der Waals surface area contributed by atoms with Gasteiger partial charge < -0.3 is 10.6 Å². The molecular weight excluding hydrogens is 216 g/mol. The fourth-order valence-corrected chi connectivity index (χ4v) is 2.77. The lowest BCUT2D eigenvalue weighted by Gasteiger charge is -2.22. The standard InChI is InChI=1S/C13H22N2O2/c1-12(2)11(13(12,3)4)15-10(17)8-5-6-9(16)14-7-8/h8,11H,5-7H2,1-4H3,(H,14,16)(H,15,17). The lowest BCUT2D eigenvalue weighted by atomic mass is 9.98. The van der Waals surface area contributed by atoms with Gasteiger partial charge in [0.2, 0.25) is 11.8 Å². The van der Waals surface area contributed by atoms with Crippen molar-refractivity contribution in [2.75, 3.05) is 6.54 Å². The Morgan fingerprint density at radius 2 is 1.88 bits per heavy atom. The van der Waals surface area contributed by atoms with E-state index in [9.17, 15) is 9.59 Å². The quantitative estimate of drug-likeness (QED) is 0.756. The Balaban J connectivity index is 1.89. The lowest BCUT2D eigenvalue weighted by Crippen LogP contribution is -2.44. The second kappa shape index (κ2) is 3.72. The first-order chi connectivity index (χ1) is 7.76. The predicted octanol–water partition coefficient (Wildman–Crippen LogP) is 1.06. The molecule has 17 heavy (non-hydrogen) atoms. The number of carbonyl (C=O) groups excluding carboxylic acids is 2. The largest absolute Gasteiger partial charge is 0.355 e. The van der Waals surface area contributed by atoms with Gasteiger partial charge in [-0.2, -0.15) is 0 Å². The molecule has 1 unspecified atom stereocenters. The lowest BCUT2D eigenvalue weighted by molar-refractivity contribution is -0.129. The summed E-state index contributed by atoms with van der Waals surface area (Å²) in [7, 11) is 0. The van der Waals surface area contributed by atoms with Crippen LogP contribution in [0.3, 0.4) is 0 Å². The molecule has 0 aromatic carbocycles. The molecule has 0 aromatic heterocycles. The van der Waals surface area contributed by atoms with Crippen molar-refractivity contribution in [3.8, 4) is 0 Å². The van der Waals surface area contributed by atoms with Crippen molar-refractivity contribution in [3.05, 3.63) is 0 Å². The number of nitrogens with one attached hydrogen (secondary N) is 2. The minimum absolute atomic E-state index is 0.0556. The van der Waals surface area contributed by atoms with Gasteiger partial charge in [0.25, 0.3) is 0 Å². The Bertz CT molecular complexity index is 336. The molecule has 0 aromatic rings. The minimum atomic E-state index is -0.0556. The van der Waals surface area contributed by atoms with Crippen molar-refractivity contribution in [2.24, 2.45) is 16.7 Å². The molecule has 0 bridgehead atoms. The van der Waals surface area contributed by atoms with Crippen LogP contribution in [-0.4, -0.2) is 24.4 Å². The molecule has 2 amide bonds. The number of carbonyl (C=O) groups is 2. The third kappa shape index (κ3) is 1.94. The van der Waals surface area contributed by atoms with Crippen molar-refractivity contribution in [2.45, 2.75) is 46.6 Å². The van der Waals surface area contributed by atoms with Gasteiger partial charge in [-0.3, -0.25) is 9.59 Å². The molecule has 4 heteroatoms. The molecule has 1 aliphatic carbocycles. The van der Waals surface area contributed by atoms with Crippen LogP contribution in [0.2, 0.25) is 0 Å². The zero-order valence-corrected chi connectivity index (χ0v) is 11.1. The maximum Gasteiger partial charge on any atom is 0.225 e. The number of rotatable bonds is 2. The Kier molecular flexibility index (Phi) is 2.71. The summed E-state index contributed by atoms with van der Waals surface area (Å²) in [6.07, 6.45) is 1.14. The molecule has 2 rings (SSSR count). The van der Waals surface area contributed by atoms with Crippen molar-refractivity contribution in [1.82, 2.24) is 10.6 Å². The van der Waals surface area contributed by atoms with Crippen molar-refractivity contribution in [1.29, 1.82) is 0 Å². The average molecular weight is 238 g/mol. The normalized spacial score (nSPS) is 30.6. The van der Waals surface area contributed by atoms with Gasteiger partial charge in [-0.25, -0.2) is 0 Å². The summed E-state index contributed by atoms with van der Waals surface area (Å²) in [5.74, 6) is 0.0923. The molecule has 1 heterocycles. The van der Waals surface area contributed by atoms with E-state index >= 15 is 0 Å².